The molecule has 0 bridgehead atoms. The van der Waals surface area contributed by atoms with Crippen LogP contribution in [0.25, 0.3) is 0 Å². The van der Waals surface area contributed by atoms with Crippen LogP contribution in [0.4, 0.5) is 0 Å². The van der Waals surface area contributed by atoms with Gasteiger partial charge in [-0.1, -0.05) is 6.07 Å². The lowest BCUT2D eigenvalue weighted by molar-refractivity contribution is 0.640. The number of aromatic nitrogens is 3. The van der Waals surface area contributed by atoms with E-state index < -0.39 is 0 Å². The van der Waals surface area contributed by atoms with E-state index in [0.717, 1.165) is 19.4 Å². The van der Waals surface area contributed by atoms with E-state index in [2.05, 4.69) is 27.0 Å². The summed E-state index contributed by atoms with van der Waals surface area (Å²) >= 11 is 0. The van der Waals surface area contributed by atoms with Crippen molar-refractivity contribution in [3.8, 4) is 0 Å². The quantitative estimate of drug-likeness (QED) is 0.693. The Kier molecular flexibility index (Phi) is 3.49. The van der Waals surface area contributed by atoms with Crippen molar-refractivity contribution in [1.82, 2.24) is 14.5 Å². The molecule has 0 atom stereocenters. The minimum Gasteiger partial charge on any atom is -0.337 e. The molecule has 2 heterocycles. The van der Waals surface area contributed by atoms with Gasteiger partial charge in [0.15, 0.2) is 0 Å². The molecule has 0 amide bonds. The zero-order chi connectivity index (χ0) is 10.3. The Labute approximate surface area is 89.8 Å². The lowest BCUT2D eigenvalue weighted by Gasteiger charge is -2.01. The van der Waals surface area contributed by atoms with Crippen LogP contribution in [0.2, 0.25) is 0 Å². The number of imidazole rings is 1. The molecule has 77 valence electrons. The molecule has 0 saturated carbocycles. The van der Waals surface area contributed by atoms with Crippen molar-refractivity contribution in [2.75, 3.05) is 0 Å². The second-order valence-corrected chi connectivity index (χ2v) is 3.43. The van der Waals surface area contributed by atoms with E-state index in [1.807, 2.05) is 31.0 Å². The molecule has 15 heavy (non-hydrogen) atoms. The largest absolute Gasteiger partial charge is 0.337 e. The minimum absolute atomic E-state index is 1.02. The standard InChI is InChI=1S/C12H14N3/c1(2-8-15-9-7-14-11-15)4-12-5-3-6-13-10-12/h3-7,9-11H,1-2,8H2. The smallest absolute Gasteiger partial charge is 0.0945 e. The van der Waals surface area contributed by atoms with Crippen molar-refractivity contribution in [1.29, 1.82) is 0 Å². The number of aryl methyl sites for hydroxylation is 1. The molecule has 1 radical (unpaired) electrons. The van der Waals surface area contributed by atoms with Crippen LogP contribution in [0.1, 0.15) is 18.4 Å². The predicted molar refractivity (Wildman–Crippen MR) is 59.1 cm³/mol. The van der Waals surface area contributed by atoms with E-state index in [1.165, 1.54) is 5.56 Å². The van der Waals surface area contributed by atoms with Crippen LogP contribution in [0.5, 0.6) is 0 Å². The Morgan fingerprint density at radius 1 is 1.27 bits per heavy atom. The van der Waals surface area contributed by atoms with Crippen molar-refractivity contribution in [3.05, 3.63) is 55.2 Å². The van der Waals surface area contributed by atoms with Crippen LogP contribution < -0.4 is 0 Å². The van der Waals surface area contributed by atoms with Gasteiger partial charge in [0.1, 0.15) is 0 Å². The zero-order valence-corrected chi connectivity index (χ0v) is 8.58. The average molecular weight is 200 g/mol. The molecule has 0 aliphatic heterocycles. The number of unbranched alkanes of at least 4 members (excludes halogenated alkanes) is 1. The Balaban J connectivity index is 1.68. The van der Waals surface area contributed by atoms with E-state index in [0.29, 0.717) is 0 Å². The van der Waals surface area contributed by atoms with Gasteiger partial charge in [-0.25, -0.2) is 4.98 Å². The number of pyridine rings is 1. The summed E-state index contributed by atoms with van der Waals surface area (Å²) < 4.78 is 2.09. The van der Waals surface area contributed by atoms with Gasteiger partial charge in [0.2, 0.25) is 0 Å². The average Bonchev–Trinajstić information content (AvgIpc) is 2.79. The Bertz CT molecular complexity index is 367. The molecule has 2 aromatic rings. The van der Waals surface area contributed by atoms with Gasteiger partial charge >= 0.3 is 0 Å². The van der Waals surface area contributed by atoms with Crippen molar-refractivity contribution >= 4 is 0 Å². The van der Waals surface area contributed by atoms with Crippen molar-refractivity contribution in [3.63, 3.8) is 0 Å². The van der Waals surface area contributed by atoms with Crippen LogP contribution in [0, 0.1) is 6.42 Å². The normalized spacial score (nSPS) is 10.4. The third-order valence-electron chi connectivity index (χ3n) is 2.24. The second kappa shape index (κ2) is 5.29. The third kappa shape index (κ3) is 3.20. The summed E-state index contributed by atoms with van der Waals surface area (Å²) in [6.07, 6.45) is 13.7. The summed E-state index contributed by atoms with van der Waals surface area (Å²) in [6.45, 7) is 1.02. The molecule has 0 aliphatic rings. The molecular formula is C12H14N3. The van der Waals surface area contributed by atoms with Crippen LogP contribution in [-0.2, 0) is 6.54 Å². The lowest BCUT2D eigenvalue weighted by Crippen LogP contribution is -1.94. The summed E-state index contributed by atoms with van der Waals surface area (Å²) in [7, 11) is 0. The molecular weight excluding hydrogens is 186 g/mol. The number of rotatable bonds is 5. The number of hydrogen-bond acceptors (Lipinski definition) is 2. The first kappa shape index (κ1) is 9.90. The lowest BCUT2D eigenvalue weighted by atomic mass is 10.1. The molecule has 3 heteroatoms. The van der Waals surface area contributed by atoms with Crippen LogP contribution in [0.15, 0.2) is 43.2 Å². The Morgan fingerprint density at radius 2 is 2.27 bits per heavy atom. The molecule has 3 nitrogen and oxygen atoms in total. The Morgan fingerprint density at radius 3 is 3.00 bits per heavy atom. The minimum atomic E-state index is 1.02. The Hall–Kier alpha value is -1.64. The summed E-state index contributed by atoms with van der Waals surface area (Å²) in [5.41, 5.74) is 1.20. The fourth-order valence-electron chi connectivity index (χ4n) is 1.46. The van der Waals surface area contributed by atoms with Crippen molar-refractivity contribution < 1.29 is 0 Å². The second-order valence-electron chi connectivity index (χ2n) is 3.43. The van der Waals surface area contributed by atoms with Gasteiger partial charge in [-0.15, -0.1) is 0 Å². The van der Waals surface area contributed by atoms with Gasteiger partial charge in [-0.3, -0.25) is 4.98 Å². The maximum atomic E-state index is 4.07. The topological polar surface area (TPSA) is 30.7 Å². The molecule has 0 aromatic carbocycles. The summed E-state index contributed by atoms with van der Waals surface area (Å²) in [5.74, 6) is 0. The van der Waals surface area contributed by atoms with Crippen molar-refractivity contribution in [2.45, 2.75) is 19.4 Å². The van der Waals surface area contributed by atoms with Gasteiger partial charge < -0.3 is 4.57 Å². The maximum absolute atomic E-state index is 4.07. The SMILES string of the molecule is [CH](CCCn1ccnc1)c1cccnc1. The number of nitrogens with zero attached hydrogens (tertiary/aromatic N) is 3. The van der Waals surface area contributed by atoms with Gasteiger partial charge in [0.05, 0.1) is 6.33 Å². The highest BCUT2D eigenvalue weighted by Crippen LogP contribution is 2.06. The first-order valence-corrected chi connectivity index (χ1v) is 5.14. The van der Waals surface area contributed by atoms with E-state index in [1.54, 1.807) is 6.20 Å². The van der Waals surface area contributed by atoms with Gasteiger partial charge in [0, 0.05) is 31.3 Å². The summed E-state index contributed by atoms with van der Waals surface area (Å²) in [4.78, 5) is 8.07. The van der Waals surface area contributed by atoms with E-state index >= 15 is 0 Å². The molecule has 2 aromatic heterocycles. The highest BCUT2D eigenvalue weighted by Gasteiger charge is 1.94. The fraction of sp³-hybridized carbons (Fsp3) is 0.250. The highest BCUT2D eigenvalue weighted by atomic mass is 15.0. The molecule has 2 rings (SSSR count). The summed E-state index contributed by atoms with van der Waals surface area (Å²) in [5, 5.41) is 0. The predicted octanol–water partition coefficient (Wildman–Crippen LogP) is 2.31. The highest BCUT2D eigenvalue weighted by molar-refractivity contribution is 5.17. The van der Waals surface area contributed by atoms with E-state index in [-0.39, 0.29) is 0 Å². The van der Waals surface area contributed by atoms with Crippen LogP contribution in [0.3, 0.4) is 0 Å². The van der Waals surface area contributed by atoms with Gasteiger partial charge in [-0.05, 0) is 30.9 Å². The van der Waals surface area contributed by atoms with Crippen LogP contribution in [-0.4, -0.2) is 14.5 Å². The zero-order valence-electron chi connectivity index (χ0n) is 8.58. The molecule has 0 N–H and O–H groups in total. The van der Waals surface area contributed by atoms with Gasteiger partial charge in [-0.2, -0.15) is 0 Å². The third-order valence-corrected chi connectivity index (χ3v) is 2.24. The molecule has 0 aliphatic carbocycles. The fourth-order valence-corrected chi connectivity index (χ4v) is 1.46. The molecule has 0 saturated heterocycles. The first-order valence-electron chi connectivity index (χ1n) is 5.14. The van der Waals surface area contributed by atoms with Crippen molar-refractivity contribution in [2.24, 2.45) is 0 Å². The first-order chi connectivity index (χ1) is 7.45. The molecule has 0 spiro atoms. The molecule has 0 fully saturated rings. The summed E-state index contributed by atoms with van der Waals surface area (Å²) in [6, 6.07) is 4.03. The monoisotopic (exact) mass is 200 g/mol. The number of hydrogen-bond donors (Lipinski definition) is 0. The van der Waals surface area contributed by atoms with E-state index in [4.69, 9.17) is 0 Å². The van der Waals surface area contributed by atoms with Gasteiger partial charge in [0.25, 0.3) is 0 Å². The van der Waals surface area contributed by atoms with E-state index in [9.17, 15) is 0 Å². The maximum Gasteiger partial charge on any atom is 0.0945 e. The molecule has 0 unspecified atom stereocenters. The van der Waals surface area contributed by atoms with Crippen LogP contribution >= 0.6 is 0 Å².